The van der Waals surface area contributed by atoms with E-state index in [1.165, 1.54) is 25.7 Å². The van der Waals surface area contributed by atoms with Gasteiger partial charge in [-0.05, 0) is 13.3 Å². The Morgan fingerprint density at radius 3 is 2.40 bits per heavy atom. The number of hydrogen-bond donors (Lipinski definition) is 1. The topological polar surface area (TPSA) is 29.3 Å². The van der Waals surface area contributed by atoms with E-state index in [0.29, 0.717) is 6.04 Å². The molecule has 2 heteroatoms. The second-order valence-corrected chi connectivity index (χ2v) is 3.01. The van der Waals surface area contributed by atoms with Gasteiger partial charge in [0.15, 0.2) is 0 Å². The largest absolute Gasteiger partial charge is 0.269 e. The van der Waals surface area contributed by atoms with Crippen LogP contribution in [0.15, 0.2) is 0 Å². The van der Waals surface area contributed by atoms with E-state index in [1.807, 2.05) is 7.05 Å². The van der Waals surface area contributed by atoms with Crippen molar-refractivity contribution in [2.45, 2.75) is 45.6 Å². The summed E-state index contributed by atoms with van der Waals surface area (Å²) in [6, 6.07) is 0.534. The molecule has 62 valence electrons. The third-order valence-electron chi connectivity index (χ3n) is 1.92. The van der Waals surface area contributed by atoms with Crippen molar-refractivity contribution in [3.63, 3.8) is 0 Å². The molecule has 0 bridgehead atoms. The summed E-state index contributed by atoms with van der Waals surface area (Å²) >= 11 is 0. The zero-order valence-electron chi connectivity index (χ0n) is 7.43. The Bertz CT molecular complexity index is 71.7. The van der Waals surface area contributed by atoms with Gasteiger partial charge in [0.25, 0.3) is 0 Å². The van der Waals surface area contributed by atoms with Gasteiger partial charge in [0.05, 0.1) is 0 Å². The molecule has 0 aromatic carbocycles. The van der Waals surface area contributed by atoms with Crippen molar-refractivity contribution in [2.75, 3.05) is 7.05 Å². The smallest absolute Gasteiger partial charge is 0.0209 e. The zero-order valence-corrected chi connectivity index (χ0v) is 7.43. The summed E-state index contributed by atoms with van der Waals surface area (Å²) in [5, 5.41) is 1.79. The summed E-state index contributed by atoms with van der Waals surface area (Å²) in [4.78, 5) is 0. The number of hydrazine groups is 1. The molecule has 0 saturated carbocycles. The first-order valence-electron chi connectivity index (χ1n) is 4.16. The molecule has 0 aliphatic heterocycles. The van der Waals surface area contributed by atoms with Crippen molar-refractivity contribution in [3.8, 4) is 0 Å². The normalized spacial score (nSPS) is 14.1. The predicted octanol–water partition coefficient (Wildman–Crippen LogP) is 1.76. The molecular weight excluding hydrogens is 124 g/mol. The van der Waals surface area contributed by atoms with Crippen LogP contribution in [0.25, 0.3) is 0 Å². The minimum Gasteiger partial charge on any atom is -0.269 e. The van der Waals surface area contributed by atoms with Gasteiger partial charge in [-0.2, -0.15) is 0 Å². The lowest BCUT2D eigenvalue weighted by Crippen LogP contribution is -2.35. The summed E-state index contributed by atoms with van der Waals surface area (Å²) < 4.78 is 0. The quantitative estimate of drug-likeness (QED) is 0.362. The molecule has 2 N–H and O–H groups in total. The predicted molar refractivity (Wildman–Crippen MR) is 45.6 cm³/mol. The van der Waals surface area contributed by atoms with Crippen molar-refractivity contribution < 1.29 is 0 Å². The summed E-state index contributed by atoms with van der Waals surface area (Å²) in [7, 11) is 1.93. The molecule has 0 aliphatic rings. The van der Waals surface area contributed by atoms with Crippen LogP contribution in [0.2, 0.25) is 0 Å². The Morgan fingerprint density at radius 2 is 2.00 bits per heavy atom. The van der Waals surface area contributed by atoms with Crippen LogP contribution < -0.4 is 5.84 Å². The van der Waals surface area contributed by atoms with E-state index < -0.39 is 0 Å². The Morgan fingerprint density at radius 1 is 1.40 bits per heavy atom. The Hall–Kier alpha value is -0.0800. The molecule has 10 heavy (non-hydrogen) atoms. The lowest BCUT2D eigenvalue weighted by molar-refractivity contribution is 0.248. The average molecular weight is 144 g/mol. The van der Waals surface area contributed by atoms with E-state index in [2.05, 4.69) is 13.8 Å². The van der Waals surface area contributed by atoms with Gasteiger partial charge >= 0.3 is 0 Å². The third kappa shape index (κ3) is 4.77. The first-order valence-corrected chi connectivity index (χ1v) is 4.16. The first-order chi connectivity index (χ1) is 4.68. The standard InChI is InChI=1S/C8H20N2/c1-4-5-6-7-8(2)10(3)9/h8H,4-7,9H2,1-3H3. The SMILES string of the molecule is CCCCCC(C)N(C)N. The first kappa shape index (κ1) is 9.92. The van der Waals surface area contributed by atoms with Gasteiger partial charge in [0.1, 0.15) is 0 Å². The Kier molecular flexibility index (Phi) is 5.64. The van der Waals surface area contributed by atoms with Gasteiger partial charge < -0.3 is 0 Å². The molecule has 0 aromatic heterocycles. The van der Waals surface area contributed by atoms with Crippen LogP contribution in [0.3, 0.4) is 0 Å². The molecule has 2 nitrogen and oxygen atoms in total. The molecule has 0 heterocycles. The molecule has 0 aromatic rings. The second-order valence-electron chi connectivity index (χ2n) is 3.01. The maximum absolute atomic E-state index is 5.55. The van der Waals surface area contributed by atoms with Crippen molar-refractivity contribution >= 4 is 0 Å². The number of hydrogen-bond acceptors (Lipinski definition) is 2. The zero-order chi connectivity index (χ0) is 7.98. The molecule has 0 rings (SSSR count). The van der Waals surface area contributed by atoms with E-state index in [0.717, 1.165) is 0 Å². The van der Waals surface area contributed by atoms with Gasteiger partial charge in [0.2, 0.25) is 0 Å². The molecule has 0 radical (unpaired) electrons. The fourth-order valence-corrected chi connectivity index (χ4v) is 0.893. The van der Waals surface area contributed by atoms with Crippen LogP contribution in [0.5, 0.6) is 0 Å². The van der Waals surface area contributed by atoms with Crippen LogP contribution in [-0.2, 0) is 0 Å². The highest BCUT2D eigenvalue weighted by Crippen LogP contribution is 2.04. The number of nitrogens with two attached hydrogens (primary N) is 1. The molecular formula is C8H20N2. The van der Waals surface area contributed by atoms with Gasteiger partial charge in [-0.25, -0.2) is 5.01 Å². The fraction of sp³-hybridized carbons (Fsp3) is 1.00. The minimum atomic E-state index is 0.534. The maximum atomic E-state index is 5.55. The van der Waals surface area contributed by atoms with Crippen molar-refractivity contribution in [3.05, 3.63) is 0 Å². The van der Waals surface area contributed by atoms with E-state index in [9.17, 15) is 0 Å². The summed E-state index contributed by atoms with van der Waals surface area (Å²) in [6.07, 6.45) is 5.15. The van der Waals surface area contributed by atoms with Crippen molar-refractivity contribution in [1.29, 1.82) is 0 Å². The monoisotopic (exact) mass is 144 g/mol. The molecule has 1 unspecified atom stereocenters. The minimum absolute atomic E-state index is 0.534. The Balaban J connectivity index is 3.13. The van der Waals surface area contributed by atoms with Gasteiger partial charge in [-0.3, -0.25) is 5.84 Å². The summed E-state index contributed by atoms with van der Waals surface area (Å²) in [5.41, 5.74) is 0. The maximum Gasteiger partial charge on any atom is 0.0209 e. The highest BCUT2D eigenvalue weighted by molar-refractivity contribution is 4.56. The fourth-order valence-electron chi connectivity index (χ4n) is 0.893. The molecule has 0 spiro atoms. The molecule has 0 saturated heterocycles. The molecule has 1 atom stereocenters. The molecule has 0 aliphatic carbocycles. The number of rotatable bonds is 5. The van der Waals surface area contributed by atoms with Gasteiger partial charge in [-0.1, -0.05) is 26.2 Å². The lowest BCUT2D eigenvalue weighted by Gasteiger charge is -2.18. The van der Waals surface area contributed by atoms with Crippen LogP contribution in [0.1, 0.15) is 39.5 Å². The van der Waals surface area contributed by atoms with E-state index in [1.54, 1.807) is 5.01 Å². The average Bonchev–Trinajstić information content (AvgIpc) is 1.88. The van der Waals surface area contributed by atoms with E-state index in [4.69, 9.17) is 5.84 Å². The van der Waals surface area contributed by atoms with Crippen LogP contribution in [0, 0.1) is 0 Å². The van der Waals surface area contributed by atoms with Crippen LogP contribution in [-0.4, -0.2) is 18.1 Å². The molecule has 0 amide bonds. The van der Waals surface area contributed by atoms with E-state index >= 15 is 0 Å². The highest BCUT2D eigenvalue weighted by atomic mass is 15.4. The number of nitrogens with zero attached hydrogens (tertiary/aromatic N) is 1. The van der Waals surface area contributed by atoms with Gasteiger partial charge in [0, 0.05) is 13.1 Å². The molecule has 0 fully saturated rings. The van der Waals surface area contributed by atoms with Crippen LogP contribution >= 0.6 is 0 Å². The summed E-state index contributed by atoms with van der Waals surface area (Å²) in [5.74, 6) is 5.55. The van der Waals surface area contributed by atoms with Gasteiger partial charge in [-0.15, -0.1) is 0 Å². The van der Waals surface area contributed by atoms with Crippen molar-refractivity contribution in [1.82, 2.24) is 5.01 Å². The Labute approximate surface area is 64.4 Å². The highest BCUT2D eigenvalue weighted by Gasteiger charge is 2.02. The van der Waals surface area contributed by atoms with Crippen molar-refractivity contribution in [2.24, 2.45) is 5.84 Å². The summed E-state index contributed by atoms with van der Waals surface area (Å²) in [6.45, 7) is 4.38. The van der Waals surface area contributed by atoms with E-state index in [-0.39, 0.29) is 0 Å². The second kappa shape index (κ2) is 5.69. The lowest BCUT2D eigenvalue weighted by atomic mass is 10.1. The van der Waals surface area contributed by atoms with Crippen LogP contribution in [0.4, 0.5) is 0 Å². The third-order valence-corrected chi connectivity index (χ3v) is 1.92. The number of unbranched alkanes of at least 4 members (excludes halogenated alkanes) is 2.